The van der Waals surface area contributed by atoms with Crippen molar-refractivity contribution in [2.75, 3.05) is 0 Å². The highest BCUT2D eigenvalue weighted by Gasteiger charge is 2.62. The highest BCUT2D eigenvalue weighted by Crippen LogP contribution is 2.67. The number of carbonyl (C=O) groups excluding carboxylic acids is 2. The smallest absolute Gasteiger partial charge is 0.137 e. The molecule has 0 aliphatic heterocycles. The molecule has 4 aliphatic carbocycles. The lowest BCUT2D eigenvalue weighted by Gasteiger charge is -2.59. The summed E-state index contributed by atoms with van der Waals surface area (Å²) in [5, 5.41) is 0. The summed E-state index contributed by atoms with van der Waals surface area (Å²) in [5.74, 6) is 4.79. The number of Topliss-reactive ketones (excluding diaryl/α,β-unsaturated/α-hetero) is 2. The quantitative estimate of drug-likeness (QED) is 0.455. The van der Waals surface area contributed by atoms with E-state index in [9.17, 15) is 9.59 Å². The van der Waals surface area contributed by atoms with Crippen molar-refractivity contribution >= 4 is 11.6 Å². The third kappa shape index (κ3) is 3.45. The maximum absolute atomic E-state index is 13.2. The van der Waals surface area contributed by atoms with Crippen molar-refractivity contribution in [1.29, 1.82) is 0 Å². The van der Waals surface area contributed by atoms with E-state index in [1.807, 2.05) is 0 Å². The fourth-order valence-electron chi connectivity index (χ4n) is 8.72. The zero-order valence-corrected chi connectivity index (χ0v) is 20.1. The second kappa shape index (κ2) is 7.89. The van der Waals surface area contributed by atoms with Gasteiger partial charge in [0, 0.05) is 25.2 Å². The Balaban J connectivity index is 1.51. The van der Waals surface area contributed by atoms with E-state index in [-0.39, 0.29) is 11.3 Å². The van der Waals surface area contributed by atoms with Crippen LogP contribution in [0.25, 0.3) is 0 Å². The normalized spacial score (nSPS) is 44.4. The predicted molar refractivity (Wildman–Crippen MR) is 123 cm³/mol. The van der Waals surface area contributed by atoms with E-state index in [1.54, 1.807) is 0 Å². The van der Waals surface area contributed by atoms with Crippen LogP contribution in [0.15, 0.2) is 12.2 Å². The zero-order chi connectivity index (χ0) is 21.8. The van der Waals surface area contributed by atoms with Crippen LogP contribution in [0.4, 0.5) is 0 Å². The van der Waals surface area contributed by atoms with Crippen molar-refractivity contribution in [2.24, 2.45) is 52.3 Å². The van der Waals surface area contributed by atoms with Crippen LogP contribution < -0.4 is 0 Å². The Bertz CT molecular complexity index is 720. The van der Waals surface area contributed by atoms with Crippen LogP contribution in [-0.2, 0) is 9.59 Å². The fraction of sp³-hybridized carbons (Fsp3) is 0.857. The maximum atomic E-state index is 13.2. The number of rotatable bonds is 5. The minimum absolute atomic E-state index is 0.0162. The van der Waals surface area contributed by atoms with Crippen LogP contribution in [0.1, 0.15) is 98.8 Å². The van der Waals surface area contributed by atoms with Gasteiger partial charge in [-0.15, -0.1) is 0 Å². The van der Waals surface area contributed by atoms with E-state index < -0.39 is 0 Å². The molecule has 2 nitrogen and oxygen atoms in total. The van der Waals surface area contributed by atoms with Gasteiger partial charge in [-0.1, -0.05) is 46.8 Å². The molecule has 0 bridgehead atoms. The number of ketones is 2. The number of allylic oxidation sites excluding steroid dienone is 1. The van der Waals surface area contributed by atoms with Gasteiger partial charge in [0.2, 0.25) is 0 Å². The largest absolute Gasteiger partial charge is 0.300 e. The standard InChI is InChI=1S/C28H44O2/c1-17(2)18(3)7-8-19(4)22-9-10-23-21-16-26(30)25-15-20(29)11-13-28(25,6)24(21)12-14-27(22,23)5/h17,19,21-25H,3,7-16H2,1-2,4-6H3. The lowest BCUT2D eigenvalue weighted by molar-refractivity contribution is -0.159. The van der Waals surface area contributed by atoms with Gasteiger partial charge in [-0.2, -0.15) is 0 Å². The molecule has 0 radical (unpaired) electrons. The van der Waals surface area contributed by atoms with Crippen LogP contribution in [0.5, 0.6) is 0 Å². The molecule has 0 saturated heterocycles. The Morgan fingerprint density at radius 3 is 2.40 bits per heavy atom. The first-order valence-electron chi connectivity index (χ1n) is 12.8. The average Bonchev–Trinajstić information content (AvgIpc) is 3.04. The first-order chi connectivity index (χ1) is 14.1. The SMILES string of the molecule is C=C(CCC(C)C1CCC2C3CC(=O)C4CC(=O)CCC4(C)C3CCC12C)C(C)C. The van der Waals surface area contributed by atoms with E-state index in [4.69, 9.17) is 0 Å². The van der Waals surface area contributed by atoms with Crippen molar-refractivity contribution in [3.8, 4) is 0 Å². The van der Waals surface area contributed by atoms with Gasteiger partial charge in [0.15, 0.2) is 0 Å². The first kappa shape index (κ1) is 22.3. The van der Waals surface area contributed by atoms with Gasteiger partial charge in [0.25, 0.3) is 0 Å². The van der Waals surface area contributed by atoms with Crippen molar-refractivity contribution in [3.05, 3.63) is 12.2 Å². The molecule has 4 saturated carbocycles. The number of fused-ring (bicyclic) bond motifs is 5. The summed E-state index contributed by atoms with van der Waals surface area (Å²) in [6, 6.07) is 0. The Hall–Kier alpha value is -0.920. The zero-order valence-electron chi connectivity index (χ0n) is 20.1. The molecule has 4 fully saturated rings. The van der Waals surface area contributed by atoms with E-state index in [1.165, 1.54) is 37.7 Å². The van der Waals surface area contributed by atoms with Gasteiger partial charge in [0.05, 0.1) is 0 Å². The molecule has 4 rings (SSSR count). The van der Waals surface area contributed by atoms with Crippen LogP contribution >= 0.6 is 0 Å². The van der Waals surface area contributed by atoms with Gasteiger partial charge in [-0.05, 0) is 91.3 Å². The van der Waals surface area contributed by atoms with E-state index in [0.29, 0.717) is 53.5 Å². The van der Waals surface area contributed by atoms with Crippen LogP contribution in [0.2, 0.25) is 0 Å². The molecule has 0 aromatic rings. The molecule has 0 heterocycles. The van der Waals surface area contributed by atoms with Crippen LogP contribution in [0, 0.1) is 52.3 Å². The number of carbonyl (C=O) groups is 2. The average molecular weight is 413 g/mol. The summed E-state index contributed by atoms with van der Waals surface area (Å²) in [5.41, 5.74) is 1.87. The molecule has 8 atom stereocenters. The Labute approximate surface area is 184 Å². The topological polar surface area (TPSA) is 34.1 Å². The minimum Gasteiger partial charge on any atom is -0.300 e. The molecule has 0 aromatic carbocycles. The molecule has 0 amide bonds. The fourth-order valence-corrected chi connectivity index (χ4v) is 8.72. The third-order valence-corrected chi connectivity index (χ3v) is 10.8. The summed E-state index contributed by atoms with van der Waals surface area (Å²) >= 11 is 0. The molecule has 4 aliphatic rings. The van der Waals surface area contributed by atoms with E-state index in [2.05, 4.69) is 41.2 Å². The Morgan fingerprint density at radius 2 is 1.70 bits per heavy atom. The van der Waals surface area contributed by atoms with Gasteiger partial charge in [-0.3, -0.25) is 9.59 Å². The molecule has 0 spiro atoms. The van der Waals surface area contributed by atoms with Gasteiger partial charge in [0.1, 0.15) is 11.6 Å². The summed E-state index contributed by atoms with van der Waals surface area (Å²) in [7, 11) is 0. The second-order valence-corrected chi connectivity index (χ2v) is 12.4. The summed E-state index contributed by atoms with van der Waals surface area (Å²) in [6.45, 7) is 16.2. The molecule has 168 valence electrons. The predicted octanol–water partition coefficient (Wildman–Crippen LogP) is 7.02. The number of hydrogen-bond acceptors (Lipinski definition) is 2. The van der Waals surface area contributed by atoms with Crippen molar-refractivity contribution < 1.29 is 9.59 Å². The minimum atomic E-state index is 0.0162. The third-order valence-electron chi connectivity index (χ3n) is 10.8. The highest BCUT2D eigenvalue weighted by molar-refractivity contribution is 5.90. The monoisotopic (exact) mass is 412 g/mol. The Morgan fingerprint density at radius 1 is 1.00 bits per heavy atom. The van der Waals surface area contributed by atoms with Gasteiger partial charge < -0.3 is 0 Å². The van der Waals surface area contributed by atoms with E-state index in [0.717, 1.165) is 31.1 Å². The molecule has 0 N–H and O–H groups in total. The summed E-state index contributed by atoms with van der Waals surface area (Å²) in [4.78, 5) is 25.3. The second-order valence-electron chi connectivity index (χ2n) is 12.4. The van der Waals surface area contributed by atoms with Crippen molar-refractivity contribution in [2.45, 2.75) is 98.8 Å². The molecule has 30 heavy (non-hydrogen) atoms. The van der Waals surface area contributed by atoms with Gasteiger partial charge >= 0.3 is 0 Å². The highest BCUT2D eigenvalue weighted by atomic mass is 16.1. The Kier molecular flexibility index (Phi) is 5.86. The molecule has 8 unspecified atom stereocenters. The lowest BCUT2D eigenvalue weighted by atomic mass is 9.44. The van der Waals surface area contributed by atoms with Crippen molar-refractivity contribution in [3.63, 3.8) is 0 Å². The van der Waals surface area contributed by atoms with Crippen LogP contribution in [0.3, 0.4) is 0 Å². The van der Waals surface area contributed by atoms with Crippen LogP contribution in [-0.4, -0.2) is 11.6 Å². The molecular weight excluding hydrogens is 368 g/mol. The molecular formula is C28H44O2. The van der Waals surface area contributed by atoms with E-state index >= 15 is 0 Å². The maximum Gasteiger partial charge on any atom is 0.137 e. The molecule has 2 heteroatoms. The summed E-state index contributed by atoms with van der Waals surface area (Å²) < 4.78 is 0. The van der Waals surface area contributed by atoms with Gasteiger partial charge in [-0.25, -0.2) is 0 Å². The van der Waals surface area contributed by atoms with Crippen molar-refractivity contribution in [1.82, 2.24) is 0 Å². The first-order valence-corrected chi connectivity index (χ1v) is 12.8. The lowest BCUT2D eigenvalue weighted by Crippen LogP contribution is -2.56. The molecule has 0 aromatic heterocycles. The number of hydrogen-bond donors (Lipinski definition) is 0. The summed E-state index contributed by atoms with van der Waals surface area (Å²) in [6.07, 6.45) is 10.6.